The van der Waals surface area contributed by atoms with E-state index in [1.165, 1.54) is 12.0 Å². The average molecular weight is 364 g/mol. The molecule has 0 spiro atoms. The summed E-state index contributed by atoms with van der Waals surface area (Å²) in [7, 11) is 0. The molecule has 1 aromatic heterocycles. The van der Waals surface area contributed by atoms with Crippen molar-refractivity contribution in [3.63, 3.8) is 0 Å². The SMILES string of the molecule is CCCC(=O)ON(CCCCc1ccc2c(n1)NCCC2)CCOCC. The van der Waals surface area contributed by atoms with E-state index >= 15 is 0 Å². The quantitative estimate of drug-likeness (QED) is 0.454. The second-order valence-electron chi connectivity index (χ2n) is 6.64. The normalized spacial score (nSPS) is 13.3. The molecule has 1 aromatic rings. The van der Waals surface area contributed by atoms with Crippen LogP contribution in [0.2, 0.25) is 0 Å². The summed E-state index contributed by atoms with van der Waals surface area (Å²) in [5.74, 6) is 0.895. The van der Waals surface area contributed by atoms with Crippen LogP contribution in [0.3, 0.4) is 0 Å². The number of unbranched alkanes of at least 4 members (excludes halogenated alkanes) is 1. The maximum absolute atomic E-state index is 11.8. The molecule has 0 saturated carbocycles. The van der Waals surface area contributed by atoms with Crippen molar-refractivity contribution in [3.05, 3.63) is 23.4 Å². The van der Waals surface area contributed by atoms with Crippen LogP contribution in [0, 0.1) is 0 Å². The highest BCUT2D eigenvalue weighted by atomic mass is 16.7. The number of fused-ring (bicyclic) bond motifs is 1. The van der Waals surface area contributed by atoms with Gasteiger partial charge in [-0.15, -0.1) is 5.06 Å². The van der Waals surface area contributed by atoms with Crippen LogP contribution in [-0.2, 0) is 27.2 Å². The maximum Gasteiger partial charge on any atom is 0.325 e. The molecule has 0 fully saturated rings. The minimum absolute atomic E-state index is 0.161. The number of rotatable bonds is 12. The molecule has 0 aromatic carbocycles. The summed E-state index contributed by atoms with van der Waals surface area (Å²) in [6.07, 6.45) is 6.47. The molecule has 1 aliphatic heterocycles. The zero-order chi connectivity index (χ0) is 18.6. The molecular formula is C20H33N3O3. The van der Waals surface area contributed by atoms with Gasteiger partial charge in [-0.05, 0) is 57.1 Å². The Hall–Kier alpha value is -1.66. The highest BCUT2D eigenvalue weighted by Gasteiger charge is 2.12. The lowest BCUT2D eigenvalue weighted by atomic mass is 10.1. The lowest BCUT2D eigenvalue weighted by Gasteiger charge is -2.21. The largest absolute Gasteiger partial charge is 0.380 e. The van der Waals surface area contributed by atoms with Crippen molar-refractivity contribution in [2.75, 3.05) is 38.2 Å². The van der Waals surface area contributed by atoms with Crippen LogP contribution >= 0.6 is 0 Å². The average Bonchev–Trinajstić information content (AvgIpc) is 2.65. The first-order chi connectivity index (χ1) is 12.7. The molecule has 0 saturated heterocycles. The number of aryl methyl sites for hydroxylation is 2. The van der Waals surface area contributed by atoms with Gasteiger partial charge in [0.1, 0.15) is 5.82 Å². The number of carbonyl (C=O) groups is 1. The summed E-state index contributed by atoms with van der Waals surface area (Å²) < 4.78 is 5.38. The lowest BCUT2D eigenvalue weighted by Crippen LogP contribution is -2.31. The highest BCUT2D eigenvalue weighted by molar-refractivity contribution is 5.68. The molecule has 1 aliphatic rings. The Morgan fingerprint density at radius 1 is 1.27 bits per heavy atom. The van der Waals surface area contributed by atoms with E-state index in [0.29, 0.717) is 26.2 Å². The highest BCUT2D eigenvalue weighted by Crippen LogP contribution is 2.20. The monoisotopic (exact) mass is 363 g/mol. The summed E-state index contributed by atoms with van der Waals surface area (Å²) in [6, 6.07) is 4.34. The minimum atomic E-state index is -0.161. The lowest BCUT2D eigenvalue weighted by molar-refractivity contribution is -0.193. The molecule has 0 atom stereocenters. The molecule has 0 amide bonds. The van der Waals surface area contributed by atoms with Gasteiger partial charge in [0, 0.05) is 31.8 Å². The Bertz CT molecular complexity index is 551. The molecule has 1 N–H and O–H groups in total. The van der Waals surface area contributed by atoms with Gasteiger partial charge in [0.15, 0.2) is 0 Å². The van der Waals surface area contributed by atoms with Crippen LogP contribution in [0.25, 0.3) is 0 Å². The van der Waals surface area contributed by atoms with Crippen molar-refractivity contribution < 1.29 is 14.4 Å². The number of aromatic nitrogens is 1. The number of anilines is 1. The van der Waals surface area contributed by atoms with Gasteiger partial charge in [0.05, 0.1) is 13.2 Å². The van der Waals surface area contributed by atoms with E-state index in [1.54, 1.807) is 5.06 Å². The van der Waals surface area contributed by atoms with Gasteiger partial charge < -0.3 is 14.9 Å². The molecule has 146 valence electrons. The number of hydrogen-bond donors (Lipinski definition) is 1. The molecule has 0 aliphatic carbocycles. The topological polar surface area (TPSA) is 63.7 Å². The number of pyridine rings is 1. The van der Waals surface area contributed by atoms with Crippen LogP contribution in [0.15, 0.2) is 12.1 Å². The molecule has 0 unspecified atom stereocenters. The summed E-state index contributed by atoms with van der Waals surface area (Å²) in [6.45, 7) is 7.56. The first kappa shape index (κ1) is 20.6. The fourth-order valence-electron chi connectivity index (χ4n) is 3.01. The van der Waals surface area contributed by atoms with Gasteiger partial charge in [-0.25, -0.2) is 4.98 Å². The van der Waals surface area contributed by atoms with E-state index < -0.39 is 0 Å². The van der Waals surface area contributed by atoms with Gasteiger partial charge in [-0.2, -0.15) is 0 Å². The van der Waals surface area contributed by atoms with E-state index in [9.17, 15) is 4.79 Å². The minimum Gasteiger partial charge on any atom is -0.380 e. The molecular weight excluding hydrogens is 330 g/mol. The Kier molecular flexibility index (Phi) is 9.42. The molecule has 26 heavy (non-hydrogen) atoms. The fourth-order valence-corrected chi connectivity index (χ4v) is 3.01. The number of nitrogens with zero attached hydrogens (tertiary/aromatic N) is 2. The summed E-state index contributed by atoms with van der Waals surface area (Å²) in [4.78, 5) is 21.9. The molecule has 2 heterocycles. The number of nitrogens with one attached hydrogen (secondary N) is 1. The predicted octanol–water partition coefficient (Wildman–Crippen LogP) is 3.36. The Morgan fingerprint density at radius 2 is 2.15 bits per heavy atom. The smallest absolute Gasteiger partial charge is 0.325 e. The molecule has 0 bridgehead atoms. The zero-order valence-corrected chi connectivity index (χ0v) is 16.3. The maximum atomic E-state index is 11.8. The van der Waals surface area contributed by atoms with Crippen molar-refractivity contribution in [3.8, 4) is 0 Å². The van der Waals surface area contributed by atoms with Crippen LogP contribution in [-0.4, -0.2) is 48.9 Å². The zero-order valence-electron chi connectivity index (χ0n) is 16.3. The molecule has 6 nitrogen and oxygen atoms in total. The van der Waals surface area contributed by atoms with Crippen molar-refractivity contribution in [2.45, 2.75) is 58.8 Å². The van der Waals surface area contributed by atoms with Gasteiger partial charge in [-0.1, -0.05) is 13.0 Å². The third kappa shape index (κ3) is 7.30. The predicted molar refractivity (Wildman–Crippen MR) is 103 cm³/mol. The van der Waals surface area contributed by atoms with Crippen LogP contribution in [0.5, 0.6) is 0 Å². The first-order valence-electron chi connectivity index (χ1n) is 9.99. The summed E-state index contributed by atoms with van der Waals surface area (Å²) in [5, 5.41) is 5.13. The van der Waals surface area contributed by atoms with Crippen LogP contribution in [0.4, 0.5) is 5.82 Å². The van der Waals surface area contributed by atoms with Crippen molar-refractivity contribution in [1.82, 2.24) is 10.0 Å². The van der Waals surface area contributed by atoms with Crippen LogP contribution < -0.4 is 5.32 Å². The van der Waals surface area contributed by atoms with Crippen LogP contribution in [0.1, 0.15) is 57.2 Å². The van der Waals surface area contributed by atoms with E-state index in [1.807, 2.05) is 13.8 Å². The second-order valence-corrected chi connectivity index (χ2v) is 6.64. The van der Waals surface area contributed by atoms with E-state index in [2.05, 4.69) is 17.4 Å². The molecule has 6 heteroatoms. The third-order valence-corrected chi connectivity index (χ3v) is 4.42. The number of hydroxylamine groups is 2. The number of carbonyl (C=O) groups excluding carboxylic acids is 1. The van der Waals surface area contributed by atoms with E-state index in [4.69, 9.17) is 14.6 Å². The standard InChI is InChI=1S/C20H33N3O3/c1-3-8-19(24)26-23(15-16-25-4-2)14-6-5-10-18-12-11-17-9-7-13-21-20(17)22-18/h11-12H,3-10,13-16H2,1-2H3,(H,21,22). The van der Waals surface area contributed by atoms with Crippen molar-refractivity contribution >= 4 is 11.8 Å². The Labute approximate surface area is 157 Å². The Balaban J connectivity index is 1.74. The third-order valence-electron chi connectivity index (χ3n) is 4.42. The second kappa shape index (κ2) is 11.9. The van der Waals surface area contributed by atoms with Gasteiger partial charge in [0.2, 0.25) is 0 Å². The Morgan fingerprint density at radius 3 is 2.96 bits per heavy atom. The van der Waals surface area contributed by atoms with Gasteiger partial charge in [-0.3, -0.25) is 4.79 Å². The van der Waals surface area contributed by atoms with Gasteiger partial charge in [0.25, 0.3) is 0 Å². The summed E-state index contributed by atoms with van der Waals surface area (Å²) in [5.41, 5.74) is 2.45. The fraction of sp³-hybridized carbons (Fsp3) is 0.700. The number of hydrogen-bond acceptors (Lipinski definition) is 6. The first-order valence-corrected chi connectivity index (χ1v) is 9.99. The van der Waals surface area contributed by atoms with E-state index in [-0.39, 0.29) is 5.97 Å². The molecule has 2 rings (SSSR count). The van der Waals surface area contributed by atoms with Gasteiger partial charge >= 0.3 is 5.97 Å². The van der Waals surface area contributed by atoms with Crippen molar-refractivity contribution in [2.24, 2.45) is 0 Å². The van der Waals surface area contributed by atoms with Crippen molar-refractivity contribution in [1.29, 1.82) is 0 Å². The number of ether oxygens (including phenoxy) is 1. The van der Waals surface area contributed by atoms with E-state index in [0.717, 1.165) is 56.7 Å². The molecule has 0 radical (unpaired) electrons. The summed E-state index contributed by atoms with van der Waals surface area (Å²) >= 11 is 0.